The first kappa shape index (κ1) is 21.1. The van der Waals surface area contributed by atoms with E-state index < -0.39 is 0 Å². The predicted octanol–water partition coefficient (Wildman–Crippen LogP) is 4.32. The summed E-state index contributed by atoms with van der Waals surface area (Å²) in [5.41, 5.74) is 3.53. The van der Waals surface area contributed by atoms with Crippen molar-refractivity contribution in [2.75, 3.05) is 29.9 Å². The smallest absolute Gasteiger partial charge is 0.229 e. The van der Waals surface area contributed by atoms with E-state index in [2.05, 4.69) is 41.5 Å². The Morgan fingerprint density at radius 2 is 2.07 bits per heavy atom. The van der Waals surface area contributed by atoms with E-state index in [0.29, 0.717) is 17.6 Å². The molecule has 1 aliphatic heterocycles. The van der Waals surface area contributed by atoms with Gasteiger partial charge in [-0.1, -0.05) is 26.3 Å². The molecule has 0 bridgehead atoms. The van der Waals surface area contributed by atoms with Crippen LogP contribution < -0.4 is 15.5 Å². The predicted molar refractivity (Wildman–Crippen MR) is 119 cm³/mol. The zero-order valence-corrected chi connectivity index (χ0v) is 17.8. The molecule has 6 nitrogen and oxygen atoms in total. The highest BCUT2D eigenvalue weighted by atomic mass is 15.2. The van der Waals surface area contributed by atoms with E-state index in [4.69, 9.17) is 9.97 Å². The molecule has 2 N–H and O–H groups in total. The number of benzene rings is 1. The molecule has 0 unspecified atom stereocenters. The molecule has 1 aliphatic rings. The van der Waals surface area contributed by atoms with Crippen molar-refractivity contribution in [1.29, 1.82) is 5.26 Å². The number of aryl methyl sites for hydroxylation is 2. The molecule has 0 amide bonds. The van der Waals surface area contributed by atoms with Gasteiger partial charge in [-0.3, -0.25) is 0 Å². The van der Waals surface area contributed by atoms with Gasteiger partial charge in [0.25, 0.3) is 0 Å². The number of hydrogen-bond acceptors (Lipinski definition) is 6. The number of nitriles is 1. The third-order valence-electron chi connectivity index (χ3n) is 5.31. The van der Waals surface area contributed by atoms with Crippen LogP contribution >= 0.6 is 0 Å². The average Bonchev–Trinajstić information content (AvgIpc) is 2.74. The van der Waals surface area contributed by atoms with Gasteiger partial charge in [0.15, 0.2) is 0 Å². The largest absolute Gasteiger partial charge is 0.355 e. The fourth-order valence-corrected chi connectivity index (χ4v) is 3.73. The molecule has 0 spiro atoms. The SMILES string of the molecule is CCCN[C@@H]1CCCN(c2cc(CCC)nc(Nc3ccc(C)c(C#N)c3)n2)C1. The lowest BCUT2D eigenvalue weighted by Crippen LogP contribution is -2.46. The Morgan fingerprint density at radius 1 is 1.21 bits per heavy atom. The third-order valence-corrected chi connectivity index (χ3v) is 5.31. The highest BCUT2D eigenvalue weighted by Gasteiger charge is 2.21. The monoisotopic (exact) mass is 392 g/mol. The maximum atomic E-state index is 9.30. The Hall–Kier alpha value is -2.65. The molecule has 0 saturated carbocycles. The molecule has 29 heavy (non-hydrogen) atoms. The quantitative estimate of drug-likeness (QED) is 0.697. The molecule has 6 heteroatoms. The van der Waals surface area contributed by atoms with Gasteiger partial charge in [-0.2, -0.15) is 10.2 Å². The molecule has 1 atom stereocenters. The minimum absolute atomic E-state index is 0.514. The van der Waals surface area contributed by atoms with Gasteiger partial charge in [0, 0.05) is 36.6 Å². The number of rotatable bonds is 8. The van der Waals surface area contributed by atoms with Gasteiger partial charge in [-0.05, 0) is 56.8 Å². The van der Waals surface area contributed by atoms with Crippen LogP contribution in [0.1, 0.15) is 56.4 Å². The Morgan fingerprint density at radius 3 is 2.83 bits per heavy atom. The fraction of sp³-hybridized carbons (Fsp3) is 0.522. The normalized spacial score (nSPS) is 16.5. The van der Waals surface area contributed by atoms with E-state index in [9.17, 15) is 5.26 Å². The standard InChI is InChI=1S/C23H32N6/c1-4-7-19-14-22(29-12-6-8-21(16-29)25-11-5-2)28-23(26-19)27-20-10-9-17(3)18(13-20)15-24/h9-10,13-14,21,25H,4-8,11-12,16H2,1-3H3,(H,26,27,28)/t21-/m1/s1. The van der Waals surface area contributed by atoms with Gasteiger partial charge >= 0.3 is 0 Å². The molecule has 154 valence electrons. The number of piperidine rings is 1. The molecule has 1 aromatic carbocycles. The summed E-state index contributed by atoms with van der Waals surface area (Å²) in [6.45, 7) is 9.37. The van der Waals surface area contributed by atoms with Gasteiger partial charge in [-0.25, -0.2) is 4.98 Å². The number of hydrogen-bond donors (Lipinski definition) is 2. The van der Waals surface area contributed by atoms with Gasteiger partial charge in [0.05, 0.1) is 11.6 Å². The van der Waals surface area contributed by atoms with Crippen molar-refractivity contribution in [3.63, 3.8) is 0 Å². The maximum Gasteiger partial charge on any atom is 0.229 e. The summed E-state index contributed by atoms with van der Waals surface area (Å²) in [6, 6.07) is 10.7. The van der Waals surface area contributed by atoms with Crippen LogP contribution in [-0.4, -0.2) is 35.6 Å². The van der Waals surface area contributed by atoms with Gasteiger partial charge in [0.1, 0.15) is 5.82 Å². The van der Waals surface area contributed by atoms with E-state index in [0.717, 1.165) is 61.7 Å². The second kappa shape index (κ2) is 10.2. The summed E-state index contributed by atoms with van der Waals surface area (Å²) in [5, 5.41) is 16.3. The first-order valence-electron chi connectivity index (χ1n) is 10.8. The highest BCUT2D eigenvalue weighted by Crippen LogP contribution is 2.23. The summed E-state index contributed by atoms with van der Waals surface area (Å²) < 4.78 is 0. The van der Waals surface area contributed by atoms with Crippen LogP contribution in [0.25, 0.3) is 0 Å². The van der Waals surface area contributed by atoms with Gasteiger partial charge in [-0.15, -0.1) is 0 Å². The maximum absolute atomic E-state index is 9.30. The van der Waals surface area contributed by atoms with Crippen LogP contribution in [-0.2, 0) is 6.42 Å². The first-order valence-corrected chi connectivity index (χ1v) is 10.8. The average molecular weight is 393 g/mol. The molecule has 2 aromatic rings. The Kier molecular flexibility index (Phi) is 7.42. The molecule has 1 fully saturated rings. The first-order chi connectivity index (χ1) is 14.1. The third kappa shape index (κ3) is 5.68. The number of nitrogens with zero attached hydrogens (tertiary/aromatic N) is 4. The minimum atomic E-state index is 0.514. The van der Waals surface area contributed by atoms with E-state index >= 15 is 0 Å². The van der Waals surface area contributed by atoms with Gasteiger partial charge < -0.3 is 15.5 Å². The molecule has 0 radical (unpaired) electrons. The van der Waals surface area contributed by atoms with Crippen molar-refractivity contribution in [3.05, 3.63) is 41.1 Å². The van der Waals surface area contributed by atoms with Crippen molar-refractivity contribution in [3.8, 4) is 6.07 Å². The lowest BCUT2D eigenvalue weighted by molar-refractivity contribution is 0.421. The lowest BCUT2D eigenvalue weighted by atomic mass is 10.1. The zero-order valence-electron chi connectivity index (χ0n) is 17.8. The van der Waals surface area contributed by atoms with Crippen molar-refractivity contribution in [1.82, 2.24) is 15.3 Å². The molecule has 1 saturated heterocycles. The van der Waals surface area contributed by atoms with Crippen LogP contribution in [0, 0.1) is 18.3 Å². The number of anilines is 3. The summed E-state index contributed by atoms with van der Waals surface area (Å²) in [4.78, 5) is 11.9. The second-order valence-corrected chi connectivity index (χ2v) is 7.80. The van der Waals surface area contributed by atoms with Crippen LogP contribution in [0.5, 0.6) is 0 Å². The molecule has 1 aromatic heterocycles. The van der Waals surface area contributed by atoms with Crippen molar-refractivity contribution in [2.24, 2.45) is 0 Å². The van der Waals surface area contributed by atoms with E-state index in [1.165, 1.54) is 12.8 Å². The summed E-state index contributed by atoms with van der Waals surface area (Å²) in [7, 11) is 0. The van der Waals surface area contributed by atoms with Crippen LogP contribution in [0.15, 0.2) is 24.3 Å². The van der Waals surface area contributed by atoms with Crippen LogP contribution in [0.4, 0.5) is 17.5 Å². The zero-order chi connectivity index (χ0) is 20.6. The molecule has 2 heterocycles. The van der Waals surface area contributed by atoms with Crippen molar-refractivity contribution >= 4 is 17.5 Å². The van der Waals surface area contributed by atoms with Crippen LogP contribution in [0.2, 0.25) is 0 Å². The Bertz CT molecular complexity index is 857. The minimum Gasteiger partial charge on any atom is -0.355 e. The van der Waals surface area contributed by atoms with E-state index in [1.807, 2.05) is 25.1 Å². The Labute approximate surface area is 174 Å². The van der Waals surface area contributed by atoms with E-state index in [-0.39, 0.29) is 0 Å². The molecular weight excluding hydrogens is 360 g/mol. The summed E-state index contributed by atoms with van der Waals surface area (Å²) >= 11 is 0. The molecular formula is C23H32N6. The Balaban J connectivity index is 1.83. The molecule has 0 aliphatic carbocycles. The second-order valence-electron chi connectivity index (χ2n) is 7.80. The fourth-order valence-electron chi connectivity index (χ4n) is 3.73. The summed E-state index contributed by atoms with van der Waals surface area (Å²) in [6.07, 6.45) is 5.50. The summed E-state index contributed by atoms with van der Waals surface area (Å²) in [5.74, 6) is 1.59. The molecule has 3 rings (SSSR count). The number of nitrogens with one attached hydrogen (secondary N) is 2. The van der Waals surface area contributed by atoms with E-state index in [1.54, 1.807) is 0 Å². The van der Waals surface area contributed by atoms with Crippen molar-refractivity contribution in [2.45, 2.75) is 58.9 Å². The van der Waals surface area contributed by atoms with Gasteiger partial charge in [0.2, 0.25) is 5.95 Å². The number of aromatic nitrogens is 2. The topological polar surface area (TPSA) is 76.9 Å². The highest BCUT2D eigenvalue weighted by molar-refractivity contribution is 5.59. The van der Waals surface area contributed by atoms with Crippen molar-refractivity contribution < 1.29 is 0 Å². The van der Waals surface area contributed by atoms with Crippen LogP contribution in [0.3, 0.4) is 0 Å². The lowest BCUT2D eigenvalue weighted by Gasteiger charge is -2.34.